The second-order valence-corrected chi connectivity index (χ2v) is 5.92. The fourth-order valence-electron chi connectivity index (χ4n) is 1.57. The average Bonchev–Trinajstić information content (AvgIpc) is 2.48. The van der Waals surface area contributed by atoms with Gasteiger partial charge in [0.1, 0.15) is 19.0 Å². The summed E-state index contributed by atoms with van der Waals surface area (Å²) < 4.78 is 11.2. The number of halogens is 3. The molecule has 0 radical (unpaired) electrons. The first-order chi connectivity index (χ1) is 10.5. The molecule has 0 fully saturated rings. The molecule has 2 aromatic rings. The smallest absolute Gasteiger partial charge is 0.411 e. The monoisotopic (exact) mass is 403 g/mol. The predicted octanol–water partition coefficient (Wildman–Crippen LogP) is 5.38. The molecule has 0 heterocycles. The number of amides is 1. The molecule has 0 bridgehead atoms. The molecule has 22 heavy (non-hydrogen) atoms. The zero-order valence-electron chi connectivity index (χ0n) is 11.3. The van der Waals surface area contributed by atoms with Gasteiger partial charge in [0.05, 0.1) is 4.47 Å². The highest BCUT2D eigenvalue weighted by molar-refractivity contribution is 9.10. The van der Waals surface area contributed by atoms with E-state index in [2.05, 4.69) is 21.2 Å². The molecular formula is C15H12BrCl2NO3. The van der Waals surface area contributed by atoms with E-state index >= 15 is 0 Å². The van der Waals surface area contributed by atoms with E-state index in [1.165, 1.54) is 0 Å². The molecule has 4 nitrogen and oxygen atoms in total. The van der Waals surface area contributed by atoms with Gasteiger partial charge >= 0.3 is 6.09 Å². The molecule has 0 aromatic heterocycles. The van der Waals surface area contributed by atoms with Crippen molar-refractivity contribution in [3.8, 4) is 5.75 Å². The fraction of sp³-hybridized carbons (Fsp3) is 0.133. The molecule has 0 aliphatic heterocycles. The number of rotatable bonds is 5. The summed E-state index contributed by atoms with van der Waals surface area (Å²) in [7, 11) is 0. The Kier molecular flexibility index (Phi) is 6.36. The van der Waals surface area contributed by atoms with Crippen molar-refractivity contribution in [3.63, 3.8) is 0 Å². The minimum absolute atomic E-state index is 0.120. The Labute approximate surface area is 146 Å². The molecule has 0 saturated heterocycles. The SMILES string of the molecule is O=C(Nc1ccc(Cl)cc1)OCCOc1ccc(Cl)cc1Br. The molecule has 0 spiro atoms. The second-order valence-electron chi connectivity index (χ2n) is 4.19. The van der Waals surface area contributed by atoms with Gasteiger partial charge in [0.25, 0.3) is 0 Å². The summed E-state index contributed by atoms with van der Waals surface area (Å²) in [5.74, 6) is 0.631. The maximum Gasteiger partial charge on any atom is 0.411 e. The lowest BCUT2D eigenvalue weighted by atomic mass is 10.3. The van der Waals surface area contributed by atoms with Crippen molar-refractivity contribution >= 4 is 50.9 Å². The van der Waals surface area contributed by atoms with Crippen molar-refractivity contribution in [3.05, 3.63) is 57.0 Å². The van der Waals surface area contributed by atoms with Crippen LogP contribution >= 0.6 is 39.1 Å². The van der Waals surface area contributed by atoms with Gasteiger partial charge in [-0.1, -0.05) is 23.2 Å². The molecule has 0 aliphatic rings. The predicted molar refractivity (Wildman–Crippen MR) is 91.1 cm³/mol. The van der Waals surface area contributed by atoms with Crippen molar-refractivity contribution in [1.29, 1.82) is 0 Å². The number of carbonyl (C=O) groups is 1. The van der Waals surface area contributed by atoms with Crippen LogP contribution in [0.25, 0.3) is 0 Å². The Balaban J connectivity index is 1.72. The van der Waals surface area contributed by atoms with Gasteiger partial charge in [-0.25, -0.2) is 4.79 Å². The lowest BCUT2D eigenvalue weighted by molar-refractivity contribution is 0.137. The summed E-state index contributed by atoms with van der Waals surface area (Å²) in [5, 5.41) is 3.79. The lowest BCUT2D eigenvalue weighted by Gasteiger charge is -2.10. The van der Waals surface area contributed by atoms with Crippen LogP contribution in [0.15, 0.2) is 46.9 Å². The Hall–Kier alpha value is -1.43. The maximum absolute atomic E-state index is 11.6. The van der Waals surface area contributed by atoms with Gasteiger partial charge in [0, 0.05) is 15.7 Å². The van der Waals surface area contributed by atoms with Crippen LogP contribution in [0, 0.1) is 0 Å². The first-order valence-electron chi connectivity index (χ1n) is 6.32. The van der Waals surface area contributed by atoms with E-state index in [1.807, 2.05) is 0 Å². The summed E-state index contributed by atoms with van der Waals surface area (Å²) in [4.78, 5) is 11.6. The third-order valence-electron chi connectivity index (χ3n) is 2.56. The maximum atomic E-state index is 11.6. The first kappa shape index (κ1) is 16.9. The Morgan fingerprint density at radius 1 is 1.05 bits per heavy atom. The van der Waals surface area contributed by atoms with Crippen molar-refractivity contribution in [2.45, 2.75) is 0 Å². The van der Waals surface area contributed by atoms with Crippen LogP contribution in [-0.4, -0.2) is 19.3 Å². The molecule has 0 atom stereocenters. The van der Waals surface area contributed by atoms with Crippen LogP contribution in [-0.2, 0) is 4.74 Å². The Bertz CT molecular complexity index is 650. The van der Waals surface area contributed by atoms with Crippen LogP contribution in [0.5, 0.6) is 5.75 Å². The molecule has 116 valence electrons. The van der Waals surface area contributed by atoms with E-state index in [9.17, 15) is 4.79 Å². The summed E-state index contributed by atoms with van der Waals surface area (Å²) in [6, 6.07) is 11.9. The van der Waals surface area contributed by atoms with Crippen molar-refractivity contribution in [2.75, 3.05) is 18.5 Å². The summed E-state index contributed by atoms with van der Waals surface area (Å²) in [6.45, 7) is 0.350. The highest BCUT2D eigenvalue weighted by atomic mass is 79.9. The van der Waals surface area contributed by atoms with Crippen LogP contribution in [0.4, 0.5) is 10.5 Å². The van der Waals surface area contributed by atoms with Gasteiger partial charge in [0.2, 0.25) is 0 Å². The molecule has 0 saturated carbocycles. The standard InChI is InChI=1S/C15H12BrCl2NO3/c16-13-9-11(18)3-6-14(13)21-7-8-22-15(20)19-12-4-1-10(17)2-5-12/h1-6,9H,7-8H2,(H,19,20). The number of anilines is 1. The van der Waals surface area contributed by atoms with E-state index in [1.54, 1.807) is 42.5 Å². The molecule has 1 amide bonds. The number of carbonyl (C=O) groups excluding carboxylic acids is 1. The van der Waals surface area contributed by atoms with E-state index in [4.69, 9.17) is 32.7 Å². The zero-order chi connectivity index (χ0) is 15.9. The van der Waals surface area contributed by atoms with Gasteiger partial charge in [-0.15, -0.1) is 0 Å². The quantitative estimate of drug-likeness (QED) is 0.680. The van der Waals surface area contributed by atoms with Crippen LogP contribution in [0.2, 0.25) is 10.0 Å². The minimum atomic E-state index is -0.555. The third kappa shape index (κ3) is 5.40. The van der Waals surface area contributed by atoms with Gasteiger partial charge < -0.3 is 9.47 Å². The molecule has 2 rings (SSSR count). The molecule has 1 N–H and O–H groups in total. The van der Waals surface area contributed by atoms with E-state index in [0.29, 0.717) is 21.5 Å². The van der Waals surface area contributed by atoms with Gasteiger partial charge in [0.15, 0.2) is 0 Å². The van der Waals surface area contributed by atoms with Crippen LogP contribution in [0.1, 0.15) is 0 Å². The molecule has 0 aliphatic carbocycles. The summed E-state index contributed by atoms with van der Waals surface area (Å²) in [6.07, 6.45) is -0.555. The van der Waals surface area contributed by atoms with Crippen molar-refractivity contribution in [1.82, 2.24) is 0 Å². The van der Waals surface area contributed by atoms with E-state index in [0.717, 1.165) is 4.47 Å². The number of hydrogen-bond acceptors (Lipinski definition) is 3. The minimum Gasteiger partial charge on any atom is -0.489 e. The largest absolute Gasteiger partial charge is 0.489 e. The van der Waals surface area contributed by atoms with Gasteiger partial charge in [-0.05, 0) is 58.4 Å². The van der Waals surface area contributed by atoms with Gasteiger partial charge in [-0.2, -0.15) is 0 Å². The normalized spacial score (nSPS) is 10.1. The highest BCUT2D eigenvalue weighted by Gasteiger charge is 2.05. The van der Waals surface area contributed by atoms with Crippen LogP contribution in [0.3, 0.4) is 0 Å². The highest BCUT2D eigenvalue weighted by Crippen LogP contribution is 2.27. The van der Waals surface area contributed by atoms with Crippen LogP contribution < -0.4 is 10.1 Å². The molecular weight excluding hydrogens is 393 g/mol. The van der Waals surface area contributed by atoms with Gasteiger partial charge in [-0.3, -0.25) is 5.32 Å². The molecule has 7 heteroatoms. The molecule has 2 aromatic carbocycles. The third-order valence-corrected chi connectivity index (χ3v) is 3.67. The fourth-order valence-corrected chi connectivity index (χ4v) is 2.49. The number of nitrogens with one attached hydrogen (secondary N) is 1. The lowest BCUT2D eigenvalue weighted by Crippen LogP contribution is -2.17. The number of benzene rings is 2. The zero-order valence-corrected chi connectivity index (χ0v) is 14.4. The second kappa shape index (κ2) is 8.27. The summed E-state index contributed by atoms with van der Waals surface area (Å²) in [5.41, 5.74) is 0.607. The number of hydrogen-bond donors (Lipinski definition) is 1. The Morgan fingerprint density at radius 3 is 2.41 bits per heavy atom. The summed E-state index contributed by atoms with van der Waals surface area (Å²) >= 11 is 14.9. The van der Waals surface area contributed by atoms with Crippen molar-refractivity contribution < 1.29 is 14.3 Å². The topological polar surface area (TPSA) is 47.6 Å². The van der Waals surface area contributed by atoms with E-state index in [-0.39, 0.29) is 13.2 Å². The van der Waals surface area contributed by atoms with E-state index < -0.39 is 6.09 Å². The average molecular weight is 405 g/mol. The number of ether oxygens (including phenoxy) is 2. The Morgan fingerprint density at radius 2 is 1.73 bits per heavy atom. The first-order valence-corrected chi connectivity index (χ1v) is 7.86. The molecule has 0 unspecified atom stereocenters. The van der Waals surface area contributed by atoms with Crippen molar-refractivity contribution in [2.24, 2.45) is 0 Å².